The third kappa shape index (κ3) is 2.79. The number of hydrogen-bond donors (Lipinski definition) is 0. The van der Waals surface area contributed by atoms with E-state index >= 15 is 0 Å². The monoisotopic (exact) mass is 429 g/mol. The van der Waals surface area contributed by atoms with E-state index in [1.807, 2.05) is 0 Å². The number of halogens is 1. The summed E-state index contributed by atoms with van der Waals surface area (Å²) in [7, 11) is 0. The molecule has 0 atom stereocenters. The quantitative estimate of drug-likeness (QED) is 0.356. The van der Waals surface area contributed by atoms with Gasteiger partial charge in [0.05, 0.1) is 27.0 Å². The molecule has 0 bridgehead atoms. The van der Waals surface area contributed by atoms with E-state index in [9.17, 15) is 24.5 Å². The Balaban J connectivity index is 1.71. The number of fused-ring (bicyclic) bond motifs is 2. The van der Waals surface area contributed by atoms with Crippen LogP contribution in [0.4, 0.5) is 5.69 Å². The highest BCUT2D eigenvalue weighted by Crippen LogP contribution is 2.28. The smallest absolute Gasteiger partial charge is 0.346 e. The van der Waals surface area contributed by atoms with Crippen LogP contribution in [0.15, 0.2) is 50.1 Å². The zero-order chi connectivity index (χ0) is 19.3. The van der Waals surface area contributed by atoms with Crippen molar-refractivity contribution in [2.45, 2.75) is 6.54 Å². The van der Waals surface area contributed by atoms with Crippen molar-refractivity contribution in [3.05, 3.63) is 78.4 Å². The average molecular weight is 430 g/mol. The van der Waals surface area contributed by atoms with Gasteiger partial charge < -0.3 is 4.42 Å². The van der Waals surface area contributed by atoms with Gasteiger partial charge in [0.2, 0.25) is 5.89 Å². The Morgan fingerprint density at radius 1 is 1.07 bits per heavy atom. The standard InChI is InChI=1S/C17H8BrN3O6/c18-8-1-4-13-12(5-8)17(24)27-14(19-13)7-20-15(22)10-3-2-9(21(25)26)6-11(10)16(20)23/h1-6H,7H2. The molecule has 9 nitrogen and oxygen atoms in total. The molecular formula is C17H8BrN3O6. The number of carbonyl (C=O) groups excluding carboxylic acids is 2. The molecule has 0 N–H and O–H groups in total. The maximum absolute atomic E-state index is 12.5. The van der Waals surface area contributed by atoms with Crippen molar-refractivity contribution in [2.75, 3.05) is 0 Å². The number of nitro benzene ring substituents is 1. The second kappa shape index (κ2) is 6.09. The molecule has 1 aliphatic rings. The molecule has 134 valence electrons. The van der Waals surface area contributed by atoms with Crippen LogP contribution in [0.25, 0.3) is 10.9 Å². The van der Waals surface area contributed by atoms with Gasteiger partial charge in [-0.2, -0.15) is 0 Å². The topological polar surface area (TPSA) is 124 Å². The van der Waals surface area contributed by atoms with Gasteiger partial charge >= 0.3 is 5.63 Å². The van der Waals surface area contributed by atoms with Crippen LogP contribution in [0, 0.1) is 10.1 Å². The van der Waals surface area contributed by atoms with Crippen molar-refractivity contribution in [1.29, 1.82) is 0 Å². The Kier molecular flexibility index (Phi) is 3.84. The Morgan fingerprint density at radius 2 is 1.81 bits per heavy atom. The number of rotatable bonds is 3. The summed E-state index contributed by atoms with van der Waals surface area (Å²) in [6.07, 6.45) is 0. The molecule has 27 heavy (non-hydrogen) atoms. The van der Waals surface area contributed by atoms with Crippen LogP contribution < -0.4 is 5.63 Å². The van der Waals surface area contributed by atoms with Gasteiger partial charge in [0, 0.05) is 16.6 Å². The number of nitro groups is 1. The molecule has 1 aromatic heterocycles. The lowest BCUT2D eigenvalue weighted by molar-refractivity contribution is -0.384. The van der Waals surface area contributed by atoms with Crippen molar-refractivity contribution in [1.82, 2.24) is 9.88 Å². The molecule has 2 heterocycles. The van der Waals surface area contributed by atoms with Crippen LogP contribution >= 0.6 is 15.9 Å². The highest BCUT2D eigenvalue weighted by atomic mass is 79.9. The average Bonchev–Trinajstić information content (AvgIpc) is 2.87. The van der Waals surface area contributed by atoms with Gasteiger partial charge in [-0.25, -0.2) is 9.78 Å². The minimum Gasteiger partial charge on any atom is -0.406 e. The second-order valence-corrected chi connectivity index (χ2v) is 6.66. The highest BCUT2D eigenvalue weighted by Gasteiger charge is 2.37. The van der Waals surface area contributed by atoms with Crippen molar-refractivity contribution in [3.8, 4) is 0 Å². The lowest BCUT2D eigenvalue weighted by Gasteiger charge is -2.12. The lowest BCUT2D eigenvalue weighted by atomic mass is 10.1. The van der Waals surface area contributed by atoms with Crippen molar-refractivity contribution >= 4 is 44.3 Å². The van der Waals surface area contributed by atoms with E-state index in [0.717, 1.165) is 17.0 Å². The van der Waals surface area contributed by atoms with Gasteiger partial charge in [-0.1, -0.05) is 15.9 Å². The highest BCUT2D eigenvalue weighted by molar-refractivity contribution is 9.10. The fraction of sp³-hybridized carbons (Fsp3) is 0.0588. The van der Waals surface area contributed by atoms with Crippen molar-refractivity contribution in [3.63, 3.8) is 0 Å². The van der Waals surface area contributed by atoms with Gasteiger partial charge in [-0.15, -0.1) is 0 Å². The van der Waals surface area contributed by atoms with E-state index < -0.39 is 22.4 Å². The van der Waals surface area contributed by atoms with E-state index in [1.54, 1.807) is 18.2 Å². The van der Waals surface area contributed by atoms with E-state index in [2.05, 4.69) is 20.9 Å². The van der Waals surface area contributed by atoms with E-state index in [-0.39, 0.29) is 34.6 Å². The first-order chi connectivity index (χ1) is 12.8. The van der Waals surface area contributed by atoms with Gasteiger partial charge in [-0.3, -0.25) is 24.6 Å². The number of non-ortho nitro benzene ring substituents is 1. The summed E-state index contributed by atoms with van der Waals surface area (Å²) in [5.74, 6) is -1.46. The third-order valence-corrected chi connectivity index (χ3v) is 4.59. The number of nitrogens with zero attached hydrogens (tertiary/aromatic N) is 3. The van der Waals surface area contributed by atoms with Crippen LogP contribution in [0.5, 0.6) is 0 Å². The first kappa shape index (κ1) is 17.0. The maximum atomic E-state index is 12.5. The summed E-state index contributed by atoms with van der Waals surface area (Å²) in [5.41, 5.74) is -0.600. The molecule has 0 saturated heterocycles. The van der Waals surface area contributed by atoms with E-state index in [4.69, 9.17) is 4.42 Å². The summed E-state index contributed by atoms with van der Waals surface area (Å²) >= 11 is 3.25. The van der Waals surface area contributed by atoms with Crippen LogP contribution in [-0.2, 0) is 6.54 Å². The molecule has 4 rings (SSSR count). The molecule has 0 saturated carbocycles. The molecule has 0 aliphatic carbocycles. The fourth-order valence-electron chi connectivity index (χ4n) is 2.83. The molecular weight excluding hydrogens is 422 g/mol. The molecule has 10 heteroatoms. The molecule has 0 spiro atoms. The summed E-state index contributed by atoms with van der Waals surface area (Å²) in [6, 6.07) is 8.29. The normalized spacial score (nSPS) is 13.3. The van der Waals surface area contributed by atoms with E-state index in [0.29, 0.717) is 9.99 Å². The zero-order valence-corrected chi connectivity index (χ0v) is 14.9. The van der Waals surface area contributed by atoms with Gasteiger partial charge in [0.15, 0.2) is 0 Å². The molecule has 1 aliphatic heterocycles. The largest absolute Gasteiger partial charge is 0.406 e. The van der Waals surface area contributed by atoms with Crippen molar-refractivity contribution < 1.29 is 18.9 Å². The van der Waals surface area contributed by atoms with Gasteiger partial charge in [-0.05, 0) is 24.3 Å². The van der Waals surface area contributed by atoms with Gasteiger partial charge in [0.1, 0.15) is 6.54 Å². The number of benzene rings is 2. The first-order valence-electron chi connectivity index (χ1n) is 7.59. The van der Waals surface area contributed by atoms with Gasteiger partial charge in [0.25, 0.3) is 17.5 Å². The Labute approximate surface area is 158 Å². The van der Waals surface area contributed by atoms with Crippen LogP contribution in [-0.4, -0.2) is 26.6 Å². The SMILES string of the molecule is O=C1c2ccc([N+](=O)[O-])cc2C(=O)N1Cc1nc2ccc(Br)cc2c(=O)o1. The molecule has 0 fully saturated rings. The summed E-state index contributed by atoms with van der Waals surface area (Å²) in [4.78, 5) is 52.4. The predicted octanol–water partition coefficient (Wildman–Crippen LogP) is 2.65. The molecule has 2 amide bonds. The minimum absolute atomic E-state index is 0.0534. The second-order valence-electron chi connectivity index (χ2n) is 5.74. The summed E-state index contributed by atoms with van der Waals surface area (Å²) in [6.45, 7) is -0.360. The lowest BCUT2D eigenvalue weighted by Crippen LogP contribution is -2.30. The third-order valence-electron chi connectivity index (χ3n) is 4.09. The molecule has 0 unspecified atom stereocenters. The van der Waals surface area contributed by atoms with Crippen LogP contribution in [0.1, 0.15) is 26.6 Å². The van der Waals surface area contributed by atoms with Crippen LogP contribution in [0.3, 0.4) is 0 Å². The van der Waals surface area contributed by atoms with Crippen LogP contribution in [0.2, 0.25) is 0 Å². The number of carbonyl (C=O) groups is 2. The first-order valence-corrected chi connectivity index (χ1v) is 8.38. The zero-order valence-electron chi connectivity index (χ0n) is 13.3. The number of amides is 2. The Hall–Kier alpha value is -3.40. The Morgan fingerprint density at radius 3 is 2.56 bits per heavy atom. The molecule has 3 aromatic rings. The summed E-state index contributed by atoms with van der Waals surface area (Å²) < 4.78 is 5.80. The van der Waals surface area contributed by atoms with Crippen molar-refractivity contribution in [2.24, 2.45) is 0 Å². The summed E-state index contributed by atoms with van der Waals surface area (Å²) in [5, 5.41) is 11.1. The molecule has 0 radical (unpaired) electrons. The fourth-order valence-corrected chi connectivity index (χ4v) is 3.19. The Bertz CT molecular complexity index is 1220. The predicted molar refractivity (Wildman–Crippen MR) is 95.3 cm³/mol. The minimum atomic E-state index is -0.709. The number of aromatic nitrogens is 1. The van der Waals surface area contributed by atoms with E-state index in [1.165, 1.54) is 6.07 Å². The number of imide groups is 1. The maximum Gasteiger partial charge on any atom is 0.346 e. The molecule has 2 aromatic carbocycles. The number of hydrogen-bond acceptors (Lipinski definition) is 7.